The maximum Gasteiger partial charge on any atom is 0.338 e. The second-order valence-electron chi connectivity index (χ2n) is 6.14. The highest BCUT2D eigenvalue weighted by Crippen LogP contribution is 2.26. The normalized spacial score (nSPS) is 15.3. The van der Waals surface area contributed by atoms with E-state index >= 15 is 0 Å². The van der Waals surface area contributed by atoms with Crippen molar-refractivity contribution >= 4 is 39.1 Å². The van der Waals surface area contributed by atoms with Crippen molar-refractivity contribution in [2.75, 3.05) is 30.3 Å². The molecule has 0 atom stereocenters. The number of ether oxygens (including phenoxy) is 2. The molecule has 3 rings (SSSR count). The number of nitrogens with zero attached hydrogens (tertiary/aromatic N) is 1. The minimum atomic E-state index is -3.35. The number of hydrogen-bond donors (Lipinski definition) is 0. The van der Waals surface area contributed by atoms with Crippen molar-refractivity contribution in [1.29, 1.82) is 0 Å². The van der Waals surface area contributed by atoms with E-state index in [-0.39, 0.29) is 21.9 Å². The predicted molar refractivity (Wildman–Crippen MR) is 105 cm³/mol. The van der Waals surface area contributed by atoms with Gasteiger partial charge in [0, 0.05) is 12.1 Å². The predicted octanol–water partition coefficient (Wildman–Crippen LogP) is 2.93. The molecule has 0 spiro atoms. The topological polar surface area (TPSA) is 90.0 Å². The highest BCUT2D eigenvalue weighted by molar-refractivity contribution is 7.93. The Labute approximate surface area is 167 Å². The zero-order valence-electron chi connectivity index (χ0n) is 15.1. The zero-order valence-corrected chi connectivity index (χ0v) is 16.6. The molecule has 0 aromatic heterocycles. The standard InChI is InChI=1S/C19H18ClNO6S/c1-26-18-7-6-13(11-16(18)20)17(22)12-27-19(23)14-4-2-5-15(10-14)21-8-3-9-28(21,24)25/h2,4-7,10-11H,3,8-9,12H2,1H3. The number of esters is 1. The van der Waals surface area contributed by atoms with Gasteiger partial charge in [-0.05, 0) is 42.8 Å². The fourth-order valence-electron chi connectivity index (χ4n) is 2.86. The van der Waals surface area contributed by atoms with Gasteiger partial charge in [-0.15, -0.1) is 0 Å². The van der Waals surface area contributed by atoms with E-state index in [1.54, 1.807) is 18.2 Å². The number of methoxy groups -OCH3 is 1. The van der Waals surface area contributed by atoms with Crippen molar-refractivity contribution in [2.45, 2.75) is 6.42 Å². The molecule has 1 fully saturated rings. The lowest BCUT2D eigenvalue weighted by atomic mass is 10.1. The zero-order chi connectivity index (χ0) is 20.3. The number of sulfonamides is 1. The molecular formula is C19H18ClNO6S. The molecule has 0 amide bonds. The van der Waals surface area contributed by atoms with Gasteiger partial charge in [-0.1, -0.05) is 17.7 Å². The van der Waals surface area contributed by atoms with Crippen LogP contribution in [0.5, 0.6) is 5.75 Å². The van der Waals surface area contributed by atoms with Gasteiger partial charge < -0.3 is 9.47 Å². The minimum absolute atomic E-state index is 0.0839. The number of carbonyl (C=O) groups excluding carboxylic acids is 2. The molecule has 1 aliphatic heterocycles. The van der Waals surface area contributed by atoms with Crippen LogP contribution < -0.4 is 9.04 Å². The Balaban J connectivity index is 1.67. The average Bonchev–Trinajstić information content (AvgIpc) is 3.04. The SMILES string of the molecule is COc1ccc(C(=O)COC(=O)c2cccc(N3CCCS3(=O)=O)c2)cc1Cl. The minimum Gasteiger partial charge on any atom is -0.495 e. The Morgan fingerprint density at radius 1 is 1.14 bits per heavy atom. The van der Waals surface area contributed by atoms with Crippen molar-refractivity contribution in [3.8, 4) is 5.75 Å². The second kappa shape index (κ2) is 8.20. The summed E-state index contributed by atoms with van der Waals surface area (Å²) in [5.74, 6) is -0.618. The molecule has 7 nitrogen and oxygen atoms in total. The monoisotopic (exact) mass is 423 g/mol. The Bertz CT molecular complexity index is 1020. The van der Waals surface area contributed by atoms with Gasteiger partial charge in [-0.3, -0.25) is 9.10 Å². The summed E-state index contributed by atoms with van der Waals surface area (Å²) in [6.45, 7) is -0.0920. The Hall–Kier alpha value is -2.58. The van der Waals surface area contributed by atoms with Crippen molar-refractivity contribution in [3.63, 3.8) is 0 Å². The molecule has 0 saturated carbocycles. The molecule has 2 aromatic rings. The molecule has 2 aromatic carbocycles. The van der Waals surface area contributed by atoms with Crippen LogP contribution in [0.4, 0.5) is 5.69 Å². The third-order valence-corrected chi connectivity index (χ3v) is 6.44. The molecule has 1 aliphatic rings. The van der Waals surface area contributed by atoms with Gasteiger partial charge in [0.1, 0.15) is 5.75 Å². The summed E-state index contributed by atoms with van der Waals surface area (Å²) in [4.78, 5) is 24.5. The highest BCUT2D eigenvalue weighted by atomic mass is 35.5. The number of halogens is 1. The molecule has 1 heterocycles. The van der Waals surface area contributed by atoms with Gasteiger partial charge in [-0.2, -0.15) is 0 Å². The fraction of sp³-hybridized carbons (Fsp3) is 0.263. The maximum atomic E-state index is 12.3. The molecule has 148 valence electrons. The summed E-state index contributed by atoms with van der Waals surface area (Å²) >= 11 is 6.00. The Morgan fingerprint density at radius 2 is 1.93 bits per heavy atom. The molecule has 0 aliphatic carbocycles. The van der Waals surface area contributed by atoms with E-state index in [2.05, 4.69) is 0 Å². The summed E-state index contributed by atoms with van der Waals surface area (Å²) in [5, 5.41) is 0.277. The van der Waals surface area contributed by atoms with E-state index in [1.165, 1.54) is 35.7 Å². The number of Topliss-reactive ketones (excluding diaryl/α,β-unsaturated/α-hetero) is 1. The van der Waals surface area contributed by atoms with E-state index in [4.69, 9.17) is 21.1 Å². The van der Waals surface area contributed by atoms with Crippen LogP contribution >= 0.6 is 11.6 Å². The summed E-state index contributed by atoms with van der Waals surface area (Å²) in [7, 11) is -1.89. The van der Waals surface area contributed by atoms with Crippen LogP contribution in [0.3, 0.4) is 0 Å². The third-order valence-electron chi connectivity index (χ3n) is 4.28. The summed E-state index contributed by atoms with van der Waals surface area (Å²) < 4.78 is 35.4. The van der Waals surface area contributed by atoms with Crippen molar-refractivity contribution in [1.82, 2.24) is 0 Å². The first-order chi connectivity index (χ1) is 13.3. The van der Waals surface area contributed by atoms with Crippen molar-refractivity contribution in [2.24, 2.45) is 0 Å². The number of rotatable bonds is 6. The number of carbonyl (C=O) groups is 2. The largest absolute Gasteiger partial charge is 0.495 e. The number of benzene rings is 2. The van der Waals surface area contributed by atoms with E-state index in [0.29, 0.717) is 24.4 Å². The molecular weight excluding hydrogens is 406 g/mol. The lowest BCUT2D eigenvalue weighted by Crippen LogP contribution is -2.25. The number of hydrogen-bond acceptors (Lipinski definition) is 6. The van der Waals surface area contributed by atoms with Gasteiger partial charge in [0.2, 0.25) is 10.0 Å². The molecule has 1 saturated heterocycles. The third kappa shape index (κ3) is 4.28. The second-order valence-corrected chi connectivity index (χ2v) is 8.56. The van der Waals surface area contributed by atoms with Gasteiger partial charge >= 0.3 is 5.97 Å². The van der Waals surface area contributed by atoms with Crippen LogP contribution in [0, 0.1) is 0 Å². The van der Waals surface area contributed by atoms with E-state index < -0.39 is 28.4 Å². The van der Waals surface area contributed by atoms with Crippen molar-refractivity contribution in [3.05, 3.63) is 58.6 Å². The lowest BCUT2D eigenvalue weighted by Gasteiger charge is -2.17. The van der Waals surface area contributed by atoms with Gasteiger partial charge in [0.05, 0.1) is 29.1 Å². The Kier molecular flexibility index (Phi) is 5.90. The summed E-state index contributed by atoms with van der Waals surface area (Å²) in [6, 6.07) is 10.7. The Morgan fingerprint density at radius 3 is 2.57 bits per heavy atom. The molecule has 0 N–H and O–H groups in total. The van der Waals surface area contributed by atoms with Crippen LogP contribution in [-0.2, 0) is 14.8 Å². The van der Waals surface area contributed by atoms with E-state index in [1.807, 2.05) is 0 Å². The van der Waals surface area contributed by atoms with Crippen LogP contribution in [0.1, 0.15) is 27.1 Å². The quantitative estimate of drug-likeness (QED) is 0.524. The fourth-order valence-corrected chi connectivity index (χ4v) is 4.67. The summed E-state index contributed by atoms with van der Waals surface area (Å²) in [5.41, 5.74) is 0.857. The van der Waals surface area contributed by atoms with Crippen LogP contribution in [0.2, 0.25) is 5.02 Å². The van der Waals surface area contributed by atoms with Crippen LogP contribution in [0.15, 0.2) is 42.5 Å². The average molecular weight is 424 g/mol. The molecule has 0 bridgehead atoms. The molecule has 0 radical (unpaired) electrons. The first-order valence-corrected chi connectivity index (χ1v) is 10.4. The lowest BCUT2D eigenvalue weighted by molar-refractivity contribution is 0.0475. The molecule has 28 heavy (non-hydrogen) atoms. The van der Waals surface area contributed by atoms with Gasteiger partial charge in [0.25, 0.3) is 0 Å². The van der Waals surface area contributed by atoms with Crippen LogP contribution in [-0.4, -0.2) is 46.2 Å². The number of anilines is 1. The van der Waals surface area contributed by atoms with E-state index in [0.717, 1.165) is 0 Å². The first kappa shape index (κ1) is 20.2. The summed E-state index contributed by atoms with van der Waals surface area (Å²) in [6.07, 6.45) is 0.538. The van der Waals surface area contributed by atoms with Gasteiger partial charge in [-0.25, -0.2) is 13.2 Å². The first-order valence-electron chi connectivity index (χ1n) is 8.46. The number of ketones is 1. The highest BCUT2D eigenvalue weighted by Gasteiger charge is 2.28. The van der Waals surface area contributed by atoms with Crippen molar-refractivity contribution < 1.29 is 27.5 Å². The molecule has 9 heteroatoms. The maximum absolute atomic E-state index is 12.3. The van der Waals surface area contributed by atoms with Crippen LogP contribution in [0.25, 0.3) is 0 Å². The van der Waals surface area contributed by atoms with Gasteiger partial charge in [0.15, 0.2) is 12.4 Å². The molecule has 0 unspecified atom stereocenters. The smallest absolute Gasteiger partial charge is 0.338 e. The van der Waals surface area contributed by atoms with E-state index in [9.17, 15) is 18.0 Å².